The van der Waals surface area contributed by atoms with Gasteiger partial charge in [0.1, 0.15) is 11.8 Å². The van der Waals surface area contributed by atoms with E-state index in [1.54, 1.807) is 0 Å². The number of hydrogen-bond acceptors (Lipinski definition) is 7. The Labute approximate surface area is 96.3 Å². The molecule has 0 fully saturated rings. The third kappa shape index (κ3) is 5.28. The molecule has 1 rings (SSSR count). The monoisotopic (exact) mass is 241 g/mol. The zero-order valence-corrected chi connectivity index (χ0v) is 9.12. The van der Waals surface area contributed by atoms with Crippen LogP contribution in [0.5, 0.6) is 0 Å². The van der Waals surface area contributed by atoms with Crippen LogP contribution < -0.4 is 4.96 Å². The summed E-state index contributed by atoms with van der Waals surface area (Å²) in [6.07, 6.45) is 1.83. The lowest BCUT2D eigenvalue weighted by molar-refractivity contribution is -0.726. The number of methoxy groups -OCH3 is 1. The van der Waals surface area contributed by atoms with Crippen molar-refractivity contribution in [1.29, 1.82) is 0 Å². The lowest BCUT2D eigenvalue weighted by Gasteiger charge is -1.91. The Hall–Kier alpha value is -2.41. The summed E-state index contributed by atoms with van der Waals surface area (Å²) in [5, 5.41) is 23.0. The molecule has 0 saturated heterocycles. The van der Waals surface area contributed by atoms with E-state index in [1.807, 2.05) is 0 Å². The molecule has 1 N–H and O–H groups in total. The van der Waals surface area contributed by atoms with Gasteiger partial charge in [0.15, 0.2) is 0 Å². The molecule has 1 heterocycles. The van der Waals surface area contributed by atoms with Crippen molar-refractivity contribution >= 4 is 11.8 Å². The molecule has 0 bridgehead atoms. The zero-order chi connectivity index (χ0) is 12.5. The third-order valence-corrected chi connectivity index (χ3v) is 1.61. The van der Waals surface area contributed by atoms with Crippen LogP contribution in [-0.4, -0.2) is 41.0 Å². The summed E-state index contributed by atoms with van der Waals surface area (Å²) in [5.41, 5.74) is 0. The molecule has 92 valence electrons. The van der Waals surface area contributed by atoms with Crippen LogP contribution in [0, 0.1) is 5.21 Å². The maximum Gasteiger partial charge on any atom is 0.310 e. The molecular formula is C8H11N5O4. The number of aromatic amines is 1. The largest absolute Gasteiger partial charge is 0.671 e. The smallest absolute Gasteiger partial charge is 0.310 e. The van der Waals surface area contributed by atoms with Crippen molar-refractivity contribution < 1.29 is 19.3 Å². The number of nitrogens with zero attached hydrogens (tertiary/aromatic N) is 4. The first kappa shape index (κ1) is 12.7. The molecule has 0 aliphatic rings. The molecule has 0 aliphatic heterocycles. The number of ether oxygens (including phenoxy) is 1. The predicted molar refractivity (Wildman–Crippen MR) is 53.6 cm³/mol. The van der Waals surface area contributed by atoms with Gasteiger partial charge in [-0.25, -0.2) is 0 Å². The normalized spacial score (nSPS) is 9.24. The molecule has 0 atom stereocenters. The van der Waals surface area contributed by atoms with Crippen LogP contribution in [0.2, 0.25) is 0 Å². The van der Waals surface area contributed by atoms with Gasteiger partial charge in [0.25, 0.3) is 5.82 Å². The summed E-state index contributed by atoms with van der Waals surface area (Å²) in [7, 11) is 1.30. The van der Waals surface area contributed by atoms with Gasteiger partial charge >= 0.3 is 5.97 Å². The van der Waals surface area contributed by atoms with Crippen LogP contribution in [0.25, 0.3) is 0 Å². The van der Waals surface area contributed by atoms with Crippen LogP contribution in [-0.2, 0) is 20.8 Å². The number of hydrogen-bond donors (Lipinski definition) is 1. The van der Waals surface area contributed by atoms with Gasteiger partial charge < -0.3 is 14.8 Å². The molecule has 1 aromatic heterocycles. The summed E-state index contributed by atoms with van der Waals surface area (Å²) in [5.74, 6) is 2.42. The third-order valence-electron chi connectivity index (χ3n) is 1.61. The second-order valence-corrected chi connectivity index (χ2v) is 2.80. The van der Waals surface area contributed by atoms with E-state index in [0.717, 1.165) is 0 Å². The highest BCUT2D eigenvalue weighted by Crippen LogP contribution is 1.87. The first-order valence-electron chi connectivity index (χ1n) is 4.70. The van der Waals surface area contributed by atoms with Gasteiger partial charge in [0.05, 0.1) is 20.0 Å². The van der Waals surface area contributed by atoms with Gasteiger partial charge in [-0.3, -0.25) is 4.79 Å². The van der Waals surface area contributed by atoms with Crippen molar-refractivity contribution in [3.05, 3.63) is 17.1 Å². The number of rotatable bonds is 6. The summed E-state index contributed by atoms with van der Waals surface area (Å²) in [6.45, 7) is 0.217. The minimum absolute atomic E-state index is 0.0850. The number of tetrazole rings is 1. The van der Waals surface area contributed by atoms with E-state index >= 15 is 0 Å². The van der Waals surface area contributed by atoms with Crippen LogP contribution in [0.3, 0.4) is 0 Å². The molecule has 0 spiro atoms. The molecule has 0 aromatic carbocycles. The van der Waals surface area contributed by atoms with Crippen molar-refractivity contribution in [3.63, 3.8) is 0 Å². The number of carbonyl (C=O) groups excluding carboxylic acids is 1. The Morgan fingerprint density at radius 3 is 3.24 bits per heavy atom. The highest BCUT2D eigenvalue weighted by molar-refractivity contribution is 5.73. The maximum absolute atomic E-state index is 10.7. The molecule has 9 nitrogen and oxygen atoms in total. The van der Waals surface area contributed by atoms with Gasteiger partial charge in [-0.05, 0) is 21.3 Å². The maximum atomic E-state index is 10.7. The number of carbonyl (C=O) groups is 1. The van der Waals surface area contributed by atoms with Crippen molar-refractivity contribution in [1.82, 2.24) is 15.4 Å². The topological polar surface area (TPSA) is 116 Å². The molecule has 0 amide bonds. The number of nitrogens with one attached hydrogen (secondary N) is 1. The average Bonchev–Trinajstić information content (AvgIpc) is 2.73. The van der Waals surface area contributed by atoms with E-state index in [4.69, 9.17) is 4.84 Å². The Kier molecular flexibility index (Phi) is 5.18. The van der Waals surface area contributed by atoms with E-state index in [1.165, 1.54) is 13.2 Å². The Bertz CT molecular complexity index is 423. The molecule has 0 saturated carbocycles. The molecule has 17 heavy (non-hydrogen) atoms. The second-order valence-electron chi connectivity index (χ2n) is 2.80. The Morgan fingerprint density at radius 1 is 1.76 bits per heavy atom. The number of aromatic nitrogens is 4. The molecule has 1 aromatic rings. The highest BCUT2D eigenvalue weighted by atomic mass is 16.6. The van der Waals surface area contributed by atoms with E-state index < -0.39 is 0 Å². The first-order valence-corrected chi connectivity index (χ1v) is 4.70. The summed E-state index contributed by atoms with van der Waals surface area (Å²) >= 11 is 0. The lowest BCUT2D eigenvalue weighted by Crippen LogP contribution is -2.31. The fourth-order valence-corrected chi connectivity index (χ4v) is 0.829. The van der Waals surface area contributed by atoms with Crippen molar-refractivity contribution in [3.8, 4) is 0 Å². The van der Waals surface area contributed by atoms with E-state index in [2.05, 4.69) is 31.2 Å². The summed E-state index contributed by atoms with van der Waals surface area (Å²) in [4.78, 5) is 15.6. The Morgan fingerprint density at radius 2 is 2.59 bits per heavy atom. The van der Waals surface area contributed by atoms with E-state index in [-0.39, 0.29) is 24.0 Å². The van der Waals surface area contributed by atoms with Gasteiger partial charge in [-0.2, -0.15) is 0 Å². The number of H-pyrrole nitrogens is 1. The van der Waals surface area contributed by atoms with Gasteiger partial charge in [-0.1, -0.05) is 0 Å². The fourth-order valence-electron chi connectivity index (χ4n) is 0.829. The number of esters is 1. The van der Waals surface area contributed by atoms with Crippen molar-refractivity contribution in [2.75, 3.05) is 13.7 Å². The molecule has 0 aliphatic carbocycles. The highest BCUT2D eigenvalue weighted by Gasteiger charge is 2.03. The molecule has 9 heteroatoms. The molecule has 0 radical (unpaired) electrons. The van der Waals surface area contributed by atoms with Crippen LogP contribution in [0.4, 0.5) is 0 Å². The zero-order valence-electron chi connectivity index (χ0n) is 9.12. The van der Waals surface area contributed by atoms with Gasteiger partial charge in [0, 0.05) is 5.87 Å². The Balaban J connectivity index is 2.15. The van der Waals surface area contributed by atoms with Crippen molar-refractivity contribution in [2.24, 2.45) is 5.16 Å². The van der Waals surface area contributed by atoms with E-state index in [0.29, 0.717) is 12.2 Å². The van der Waals surface area contributed by atoms with Crippen LogP contribution >= 0.6 is 0 Å². The summed E-state index contributed by atoms with van der Waals surface area (Å²) < 4.78 is 4.39. The average molecular weight is 241 g/mol. The second kappa shape index (κ2) is 6.96. The lowest BCUT2D eigenvalue weighted by atomic mass is 10.4. The minimum atomic E-state index is -0.380. The van der Waals surface area contributed by atoms with Crippen LogP contribution in [0.15, 0.2) is 11.2 Å². The minimum Gasteiger partial charge on any atom is -0.671 e. The van der Waals surface area contributed by atoms with Gasteiger partial charge in [-0.15, -0.1) is 5.10 Å². The predicted octanol–water partition coefficient (Wildman–Crippen LogP) is -1.30. The van der Waals surface area contributed by atoms with Gasteiger partial charge in [0.2, 0.25) is 0 Å². The van der Waals surface area contributed by atoms with Crippen LogP contribution in [0.1, 0.15) is 12.2 Å². The molecule has 0 unspecified atom stereocenters. The molecular weight excluding hydrogens is 230 g/mol. The summed E-state index contributed by atoms with van der Waals surface area (Å²) in [6, 6.07) is 0. The first-order chi connectivity index (χ1) is 8.22. The quantitative estimate of drug-likeness (QED) is 0.165. The van der Waals surface area contributed by atoms with Crippen molar-refractivity contribution in [2.45, 2.75) is 12.8 Å². The van der Waals surface area contributed by atoms with E-state index in [9.17, 15) is 10.0 Å². The standard InChI is InChI=1S/C8H11N5O4/c1-16-8(14)3-2-5-9-17-6-4-7-10-12-13(15)11-7/h2H,3-4,6H2,1H3,(H,10,11,12). The SMILES string of the molecule is COC(=O)CC=C=NOCCc1n[n+]([O-])n[nH]1. The fraction of sp³-hybridized carbons (Fsp3) is 0.500.